The molecule has 1 aromatic heterocycles. The second-order valence-corrected chi connectivity index (χ2v) is 6.28. The Morgan fingerprint density at radius 1 is 1.21 bits per heavy atom. The molecule has 3 aromatic rings. The average Bonchev–Trinajstić information content (AvgIpc) is 3.12. The first-order chi connectivity index (χ1) is 13.5. The van der Waals surface area contributed by atoms with Crippen LogP contribution in [0.5, 0.6) is 11.5 Å². The van der Waals surface area contributed by atoms with Crippen molar-refractivity contribution >= 4 is 11.6 Å². The predicted molar refractivity (Wildman–Crippen MR) is 109 cm³/mol. The summed E-state index contributed by atoms with van der Waals surface area (Å²) in [6.45, 7) is 2.68. The van der Waals surface area contributed by atoms with Gasteiger partial charge in [0.2, 0.25) is 0 Å². The third-order valence-electron chi connectivity index (χ3n) is 4.46. The van der Waals surface area contributed by atoms with E-state index in [4.69, 9.17) is 15.2 Å². The third kappa shape index (κ3) is 3.99. The van der Waals surface area contributed by atoms with E-state index in [-0.39, 0.29) is 5.91 Å². The molecule has 0 aliphatic rings. The topological polar surface area (TPSA) is 91.4 Å². The smallest absolute Gasteiger partial charge is 0.256 e. The van der Waals surface area contributed by atoms with E-state index in [0.717, 1.165) is 16.8 Å². The van der Waals surface area contributed by atoms with E-state index in [9.17, 15) is 4.79 Å². The quantitative estimate of drug-likeness (QED) is 0.657. The fourth-order valence-electron chi connectivity index (χ4n) is 3.02. The van der Waals surface area contributed by atoms with Crippen molar-refractivity contribution in [2.24, 2.45) is 12.8 Å². The summed E-state index contributed by atoms with van der Waals surface area (Å²) in [6.07, 6.45) is 1.72. The number of benzene rings is 2. The van der Waals surface area contributed by atoms with Gasteiger partial charge in [0.1, 0.15) is 18.1 Å². The lowest BCUT2D eigenvalue weighted by Crippen LogP contribution is -2.14. The van der Waals surface area contributed by atoms with Crippen molar-refractivity contribution in [3.63, 3.8) is 0 Å². The van der Waals surface area contributed by atoms with E-state index < -0.39 is 0 Å². The second-order valence-electron chi connectivity index (χ2n) is 6.28. The first-order valence-corrected chi connectivity index (χ1v) is 8.95. The summed E-state index contributed by atoms with van der Waals surface area (Å²) in [5, 5.41) is 7.17. The lowest BCUT2D eigenvalue weighted by atomic mass is 10.1. The van der Waals surface area contributed by atoms with Gasteiger partial charge in [0.05, 0.1) is 12.8 Å². The van der Waals surface area contributed by atoms with E-state index >= 15 is 0 Å². The number of aromatic nitrogens is 2. The number of nitrogens with one attached hydrogen (secondary N) is 1. The Kier molecular flexibility index (Phi) is 5.96. The minimum atomic E-state index is -0.206. The Morgan fingerprint density at radius 2 is 2.04 bits per heavy atom. The van der Waals surface area contributed by atoms with Crippen molar-refractivity contribution in [1.82, 2.24) is 9.78 Å². The van der Waals surface area contributed by atoms with Gasteiger partial charge in [0, 0.05) is 42.2 Å². The van der Waals surface area contributed by atoms with Crippen molar-refractivity contribution < 1.29 is 14.3 Å². The summed E-state index contributed by atoms with van der Waals surface area (Å²) in [5.41, 5.74) is 9.27. The zero-order valence-electron chi connectivity index (χ0n) is 16.2. The van der Waals surface area contributed by atoms with E-state index in [1.54, 1.807) is 36.2 Å². The molecule has 7 heteroatoms. The van der Waals surface area contributed by atoms with E-state index in [1.807, 2.05) is 38.2 Å². The number of hydrogen-bond acceptors (Lipinski definition) is 5. The van der Waals surface area contributed by atoms with Gasteiger partial charge in [0.15, 0.2) is 0 Å². The minimum absolute atomic E-state index is 0.206. The summed E-state index contributed by atoms with van der Waals surface area (Å²) in [7, 11) is 3.44. The number of nitrogens with two attached hydrogens (primary N) is 1. The van der Waals surface area contributed by atoms with Gasteiger partial charge in [-0.25, -0.2) is 0 Å². The number of methoxy groups -OCH3 is 1. The van der Waals surface area contributed by atoms with Gasteiger partial charge >= 0.3 is 0 Å². The Morgan fingerprint density at radius 3 is 2.71 bits per heavy atom. The third-order valence-corrected chi connectivity index (χ3v) is 4.46. The molecule has 3 rings (SSSR count). The highest BCUT2D eigenvalue weighted by atomic mass is 16.5. The largest absolute Gasteiger partial charge is 0.496 e. The molecule has 0 aliphatic heterocycles. The number of anilines is 1. The number of ether oxygens (including phenoxy) is 2. The average molecular weight is 380 g/mol. The molecular formula is C21H24N4O3. The van der Waals surface area contributed by atoms with Crippen LogP contribution < -0.4 is 20.5 Å². The molecule has 0 spiro atoms. The molecule has 0 saturated heterocycles. The number of carbonyl (C=O) groups excluding carboxylic acids is 1. The lowest BCUT2D eigenvalue weighted by Gasteiger charge is -2.15. The minimum Gasteiger partial charge on any atom is -0.496 e. The molecule has 1 heterocycles. The zero-order valence-corrected chi connectivity index (χ0v) is 16.2. The summed E-state index contributed by atoms with van der Waals surface area (Å²) in [6, 6.07) is 12.8. The molecule has 0 atom stereocenters. The number of hydrogen-bond donors (Lipinski definition) is 2. The maximum absolute atomic E-state index is 12.8. The van der Waals surface area contributed by atoms with Crippen LogP contribution in [-0.4, -0.2) is 35.9 Å². The molecule has 3 N–H and O–H groups in total. The van der Waals surface area contributed by atoms with Gasteiger partial charge in [0.25, 0.3) is 5.91 Å². The second kappa shape index (κ2) is 8.58. The highest BCUT2D eigenvalue weighted by molar-refractivity contribution is 6.06. The SMILES string of the molecule is COc1cccc(C(=O)Nc2ccc(OCCN)c(-c3ccnn3C)c2)c1C. The molecule has 2 aromatic carbocycles. The van der Waals surface area contributed by atoms with Crippen molar-refractivity contribution in [2.45, 2.75) is 6.92 Å². The molecule has 0 bridgehead atoms. The molecule has 146 valence electrons. The first-order valence-electron chi connectivity index (χ1n) is 8.95. The number of nitrogens with zero attached hydrogens (tertiary/aromatic N) is 2. The van der Waals surface area contributed by atoms with Gasteiger partial charge in [-0.2, -0.15) is 5.10 Å². The zero-order chi connectivity index (χ0) is 20.1. The van der Waals surface area contributed by atoms with Crippen LogP contribution >= 0.6 is 0 Å². The Labute approximate surface area is 164 Å². The van der Waals surface area contributed by atoms with Crippen LogP contribution in [0, 0.1) is 6.92 Å². The van der Waals surface area contributed by atoms with Crippen LogP contribution in [0.2, 0.25) is 0 Å². The maximum Gasteiger partial charge on any atom is 0.256 e. The van der Waals surface area contributed by atoms with Crippen molar-refractivity contribution in [1.29, 1.82) is 0 Å². The van der Waals surface area contributed by atoms with Crippen molar-refractivity contribution in [2.75, 3.05) is 25.6 Å². The molecule has 0 aliphatic carbocycles. The lowest BCUT2D eigenvalue weighted by molar-refractivity contribution is 0.102. The maximum atomic E-state index is 12.8. The number of aryl methyl sites for hydroxylation is 1. The van der Waals surface area contributed by atoms with Gasteiger partial charge in [-0.3, -0.25) is 9.48 Å². The van der Waals surface area contributed by atoms with E-state index in [1.165, 1.54) is 0 Å². The summed E-state index contributed by atoms with van der Waals surface area (Å²) in [4.78, 5) is 12.8. The van der Waals surface area contributed by atoms with Crippen LogP contribution in [-0.2, 0) is 7.05 Å². The standard InChI is InChI=1S/C21H24N4O3/c1-14-16(5-4-6-19(14)27-3)21(26)24-15-7-8-20(28-12-10-22)17(13-15)18-9-11-23-25(18)2/h4-9,11,13H,10,12,22H2,1-3H3,(H,24,26). The van der Waals surface area contributed by atoms with Crippen LogP contribution in [0.1, 0.15) is 15.9 Å². The van der Waals surface area contributed by atoms with Gasteiger partial charge in [-0.05, 0) is 43.3 Å². The number of amides is 1. The number of rotatable bonds is 7. The molecule has 0 saturated carbocycles. The molecule has 7 nitrogen and oxygen atoms in total. The van der Waals surface area contributed by atoms with E-state index in [0.29, 0.717) is 35.9 Å². The van der Waals surface area contributed by atoms with Crippen molar-refractivity contribution in [3.8, 4) is 22.8 Å². The highest BCUT2D eigenvalue weighted by Crippen LogP contribution is 2.33. The summed E-state index contributed by atoms with van der Waals surface area (Å²) in [5.74, 6) is 1.15. The fraction of sp³-hybridized carbons (Fsp3) is 0.238. The predicted octanol–water partition coefficient (Wildman–Crippen LogP) is 2.99. The molecule has 0 radical (unpaired) electrons. The monoisotopic (exact) mass is 380 g/mol. The fourth-order valence-corrected chi connectivity index (χ4v) is 3.02. The Hall–Kier alpha value is -3.32. The number of carbonyl (C=O) groups is 1. The van der Waals surface area contributed by atoms with Crippen LogP contribution in [0.25, 0.3) is 11.3 Å². The van der Waals surface area contributed by atoms with Crippen molar-refractivity contribution in [3.05, 3.63) is 59.8 Å². The van der Waals surface area contributed by atoms with Gasteiger partial charge in [-0.15, -0.1) is 0 Å². The summed E-state index contributed by atoms with van der Waals surface area (Å²) >= 11 is 0. The molecule has 0 fully saturated rings. The Balaban J connectivity index is 1.93. The Bertz CT molecular complexity index is 982. The molecule has 1 amide bonds. The van der Waals surface area contributed by atoms with Gasteiger partial charge in [-0.1, -0.05) is 6.07 Å². The van der Waals surface area contributed by atoms with Crippen LogP contribution in [0.15, 0.2) is 48.7 Å². The molecular weight excluding hydrogens is 356 g/mol. The first kappa shape index (κ1) is 19.4. The van der Waals surface area contributed by atoms with Gasteiger partial charge < -0.3 is 20.5 Å². The van der Waals surface area contributed by atoms with E-state index in [2.05, 4.69) is 10.4 Å². The highest BCUT2D eigenvalue weighted by Gasteiger charge is 2.15. The molecule has 0 unspecified atom stereocenters. The summed E-state index contributed by atoms with van der Waals surface area (Å²) < 4.78 is 12.8. The van der Waals surface area contributed by atoms with Crippen LogP contribution in [0.4, 0.5) is 5.69 Å². The van der Waals surface area contributed by atoms with Crippen LogP contribution in [0.3, 0.4) is 0 Å². The normalized spacial score (nSPS) is 10.6. The molecule has 28 heavy (non-hydrogen) atoms.